The maximum atomic E-state index is 11.3. The summed E-state index contributed by atoms with van der Waals surface area (Å²) < 4.78 is 30.1. The van der Waals surface area contributed by atoms with Gasteiger partial charge in [-0.25, -0.2) is 9.52 Å². The van der Waals surface area contributed by atoms with Crippen molar-refractivity contribution < 1.29 is 27.9 Å². The molecule has 0 radical (unpaired) electrons. The number of carboxylic acid groups (broad SMARTS) is 1. The summed E-state index contributed by atoms with van der Waals surface area (Å²) >= 11 is 0. The molecule has 0 rings (SSSR count). The van der Waals surface area contributed by atoms with E-state index in [1.165, 1.54) is 4.72 Å². The lowest BCUT2D eigenvalue weighted by molar-refractivity contribution is -0.139. The van der Waals surface area contributed by atoms with Gasteiger partial charge in [-0.3, -0.25) is 4.79 Å². The number of nitrogens with one attached hydrogen (secondary N) is 2. The van der Waals surface area contributed by atoms with E-state index in [0.717, 1.165) is 7.11 Å². The number of ether oxygens (including phenoxy) is 1. The van der Waals surface area contributed by atoms with Crippen LogP contribution in [-0.4, -0.2) is 38.7 Å². The van der Waals surface area contributed by atoms with Crippen molar-refractivity contribution in [3.05, 3.63) is 0 Å². The Balaban J connectivity index is 4.64. The van der Waals surface area contributed by atoms with Crippen LogP contribution in [0.5, 0.6) is 0 Å². The van der Waals surface area contributed by atoms with Gasteiger partial charge in [0.15, 0.2) is 0 Å². The molecule has 0 aliphatic carbocycles. The fourth-order valence-corrected chi connectivity index (χ4v) is 1.97. The topological polar surface area (TPSA) is 122 Å². The lowest BCUT2D eigenvalue weighted by Crippen LogP contribution is -2.48. The summed E-state index contributed by atoms with van der Waals surface area (Å²) in [5.41, 5.74) is 0. The molecule has 0 spiro atoms. The lowest BCUT2D eigenvalue weighted by atomic mass is 10.1. The van der Waals surface area contributed by atoms with Gasteiger partial charge in [-0.2, -0.15) is 13.1 Å². The molecule has 0 saturated heterocycles. The van der Waals surface area contributed by atoms with Crippen LogP contribution in [0.3, 0.4) is 0 Å². The lowest BCUT2D eigenvalue weighted by Gasteiger charge is -2.16. The highest BCUT2D eigenvalue weighted by Crippen LogP contribution is 2.05. The first-order valence-corrected chi connectivity index (χ1v) is 6.27. The molecule has 1 atom stereocenters. The van der Waals surface area contributed by atoms with Gasteiger partial charge in [-0.1, -0.05) is 13.8 Å². The van der Waals surface area contributed by atoms with Gasteiger partial charge in [-0.15, -0.1) is 0 Å². The Bertz CT molecular complexity index is 377. The van der Waals surface area contributed by atoms with Crippen molar-refractivity contribution in [2.24, 2.45) is 5.92 Å². The number of carbonyl (C=O) groups excluding carboxylic acids is 1. The van der Waals surface area contributed by atoms with E-state index in [0.29, 0.717) is 0 Å². The second-order valence-electron chi connectivity index (χ2n) is 3.74. The molecule has 0 aliphatic heterocycles. The molecule has 0 aromatic heterocycles. The van der Waals surface area contributed by atoms with Crippen LogP contribution in [0.1, 0.15) is 20.3 Å². The molecule has 17 heavy (non-hydrogen) atoms. The van der Waals surface area contributed by atoms with Crippen molar-refractivity contribution in [3.63, 3.8) is 0 Å². The molecule has 0 fully saturated rings. The molecule has 1 amide bonds. The Hall–Kier alpha value is -1.35. The number of methoxy groups -OCH3 is 1. The van der Waals surface area contributed by atoms with Crippen molar-refractivity contribution in [2.75, 3.05) is 7.11 Å². The molecule has 0 heterocycles. The fourth-order valence-electron chi connectivity index (χ4n) is 1.04. The van der Waals surface area contributed by atoms with Gasteiger partial charge in [0.1, 0.15) is 6.04 Å². The quantitative estimate of drug-likeness (QED) is 0.606. The molecule has 0 aromatic rings. The van der Waals surface area contributed by atoms with E-state index in [2.05, 4.69) is 4.74 Å². The summed E-state index contributed by atoms with van der Waals surface area (Å²) in [7, 11) is -3.24. The first-order valence-electron chi connectivity index (χ1n) is 4.78. The van der Waals surface area contributed by atoms with E-state index in [9.17, 15) is 18.0 Å². The molecular formula is C8H16N2O6S. The minimum Gasteiger partial charge on any atom is -0.480 e. The molecular weight excluding hydrogens is 252 g/mol. The average molecular weight is 268 g/mol. The van der Waals surface area contributed by atoms with E-state index in [4.69, 9.17) is 5.11 Å². The van der Waals surface area contributed by atoms with Crippen molar-refractivity contribution in [2.45, 2.75) is 26.3 Å². The molecule has 0 unspecified atom stereocenters. The maximum absolute atomic E-state index is 11.3. The number of hydrogen-bond donors (Lipinski definition) is 3. The van der Waals surface area contributed by atoms with E-state index >= 15 is 0 Å². The third-order valence-corrected chi connectivity index (χ3v) is 2.74. The Morgan fingerprint density at radius 3 is 2.24 bits per heavy atom. The molecule has 3 N–H and O–H groups in total. The normalized spacial score (nSPS) is 13.2. The molecule has 9 heteroatoms. The summed E-state index contributed by atoms with van der Waals surface area (Å²) in [6.07, 6.45) is -1.08. The Morgan fingerprint density at radius 2 is 1.88 bits per heavy atom. The zero-order chi connectivity index (χ0) is 13.6. The zero-order valence-corrected chi connectivity index (χ0v) is 10.6. The second-order valence-corrected chi connectivity index (χ2v) is 5.18. The first-order chi connectivity index (χ1) is 7.68. The Morgan fingerprint density at radius 1 is 1.35 bits per heavy atom. The third-order valence-electron chi connectivity index (χ3n) is 1.71. The van der Waals surface area contributed by atoms with Gasteiger partial charge < -0.3 is 9.84 Å². The SMILES string of the molecule is COC(=O)NS(=O)(=O)N[C@H](CC(C)C)C(=O)O. The standard InChI is InChI=1S/C8H16N2O6S/c1-5(2)4-6(7(11)12)9-17(14,15)10-8(13)16-3/h5-6,9H,4H2,1-3H3,(H,10,13)(H,11,12)/t6-/m1/s1. The highest BCUT2D eigenvalue weighted by Gasteiger charge is 2.26. The van der Waals surface area contributed by atoms with Crippen LogP contribution < -0.4 is 9.44 Å². The summed E-state index contributed by atoms with van der Waals surface area (Å²) in [6, 6.07) is -1.29. The summed E-state index contributed by atoms with van der Waals surface area (Å²) in [4.78, 5) is 21.5. The molecule has 8 nitrogen and oxygen atoms in total. The minimum absolute atomic E-state index is 0.0167. The molecule has 0 bridgehead atoms. The monoisotopic (exact) mass is 268 g/mol. The van der Waals surface area contributed by atoms with E-state index in [1.807, 2.05) is 4.72 Å². The first kappa shape index (κ1) is 15.7. The average Bonchev–Trinajstić information content (AvgIpc) is 2.14. The summed E-state index contributed by atoms with van der Waals surface area (Å²) in [5, 5.41) is 8.81. The van der Waals surface area contributed by atoms with Gasteiger partial charge in [0.05, 0.1) is 7.11 Å². The van der Waals surface area contributed by atoms with Gasteiger partial charge in [0.25, 0.3) is 0 Å². The van der Waals surface area contributed by atoms with Gasteiger partial charge >= 0.3 is 22.3 Å². The van der Waals surface area contributed by atoms with Crippen LogP contribution in [-0.2, 0) is 19.7 Å². The number of hydrogen-bond acceptors (Lipinski definition) is 5. The minimum atomic E-state index is -4.24. The van der Waals surface area contributed by atoms with Crippen molar-refractivity contribution in [1.82, 2.24) is 9.44 Å². The predicted molar refractivity (Wildman–Crippen MR) is 58.5 cm³/mol. The Kier molecular flexibility index (Phi) is 5.89. The van der Waals surface area contributed by atoms with Crippen LogP contribution in [0.15, 0.2) is 0 Å². The van der Waals surface area contributed by atoms with E-state index in [-0.39, 0.29) is 12.3 Å². The predicted octanol–water partition coefficient (Wildman–Crippen LogP) is -0.324. The van der Waals surface area contributed by atoms with Gasteiger partial charge in [0, 0.05) is 0 Å². The van der Waals surface area contributed by atoms with Crippen LogP contribution in [0.4, 0.5) is 4.79 Å². The molecule has 0 aliphatic rings. The van der Waals surface area contributed by atoms with Crippen LogP contribution in [0, 0.1) is 5.92 Å². The van der Waals surface area contributed by atoms with Crippen LogP contribution in [0.25, 0.3) is 0 Å². The molecule has 0 saturated carbocycles. The zero-order valence-electron chi connectivity index (χ0n) is 9.76. The van der Waals surface area contributed by atoms with Gasteiger partial charge in [-0.05, 0) is 12.3 Å². The summed E-state index contributed by atoms with van der Waals surface area (Å²) in [6.45, 7) is 3.50. The fraction of sp³-hybridized carbons (Fsp3) is 0.750. The van der Waals surface area contributed by atoms with E-state index in [1.54, 1.807) is 13.8 Å². The maximum Gasteiger partial charge on any atom is 0.421 e. The van der Waals surface area contributed by atoms with Crippen molar-refractivity contribution in [3.8, 4) is 0 Å². The van der Waals surface area contributed by atoms with Crippen LogP contribution in [0.2, 0.25) is 0 Å². The van der Waals surface area contributed by atoms with Crippen molar-refractivity contribution in [1.29, 1.82) is 0 Å². The number of carboxylic acids is 1. The highest BCUT2D eigenvalue weighted by atomic mass is 32.2. The van der Waals surface area contributed by atoms with Gasteiger partial charge in [0.2, 0.25) is 0 Å². The van der Waals surface area contributed by atoms with E-state index < -0.39 is 28.3 Å². The number of aliphatic carboxylic acids is 1. The number of carbonyl (C=O) groups is 2. The third kappa shape index (κ3) is 6.74. The molecule has 100 valence electrons. The number of rotatable bonds is 6. The second kappa shape index (κ2) is 6.40. The largest absolute Gasteiger partial charge is 0.480 e. The van der Waals surface area contributed by atoms with Crippen molar-refractivity contribution >= 4 is 22.3 Å². The molecule has 0 aromatic carbocycles. The number of amides is 1. The smallest absolute Gasteiger partial charge is 0.421 e. The van der Waals surface area contributed by atoms with Crippen LogP contribution >= 0.6 is 0 Å². The Labute approximate surface area is 99.5 Å². The highest BCUT2D eigenvalue weighted by molar-refractivity contribution is 7.88. The summed E-state index contributed by atoms with van der Waals surface area (Å²) in [5.74, 6) is -1.33.